The van der Waals surface area contributed by atoms with E-state index in [2.05, 4.69) is 10.2 Å². The lowest BCUT2D eigenvalue weighted by molar-refractivity contribution is -0.150. The van der Waals surface area contributed by atoms with Gasteiger partial charge in [-0.1, -0.05) is 43.8 Å². The maximum absolute atomic E-state index is 15.4. The second-order valence-corrected chi connectivity index (χ2v) is 28.8. The normalized spacial score (nSPS) is 25.3. The molecule has 37 nitrogen and oxygen atoms in total. The van der Waals surface area contributed by atoms with Crippen LogP contribution in [0.2, 0.25) is 0 Å². The van der Waals surface area contributed by atoms with E-state index in [0.29, 0.717) is 32.3 Å². The van der Waals surface area contributed by atoms with E-state index in [-0.39, 0.29) is 43.4 Å². The Morgan fingerprint density at radius 1 is 0.518 bits per heavy atom. The molecule has 0 spiro atoms. The number of alkyl halides is 3. The van der Waals surface area contributed by atoms with Gasteiger partial charge in [0.05, 0.1) is 56.7 Å². The van der Waals surface area contributed by atoms with E-state index in [4.69, 9.17) is 68.2 Å². The van der Waals surface area contributed by atoms with Crippen molar-refractivity contribution in [2.24, 2.45) is 11.5 Å². The quantitative estimate of drug-likeness (QED) is 0.0173. The molecule has 6 heterocycles. The average molecular weight is 1650 g/mol. The molecule has 3 aliphatic rings. The summed E-state index contributed by atoms with van der Waals surface area (Å²) in [4.78, 5) is 119. The number of carbonyl (C=O) groups excluding carboxylic acids is 3. The van der Waals surface area contributed by atoms with Crippen LogP contribution in [0.15, 0.2) is 108 Å². The number of carboxylic acids is 1. The summed E-state index contributed by atoms with van der Waals surface area (Å²) in [5.41, 5.74) is -4.98. The molecule has 3 aromatic heterocycles. The number of ether oxygens (including phenoxy) is 6. The van der Waals surface area contributed by atoms with E-state index in [1.807, 2.05) is 0 Å². The van der Waals surface area contributed by atoms with E-state index in [9.17, 15) is 90.0 Å². The van der Waals surface area contributed by atoms with Crippen molar-refractivity contribution in [1.29, 1.82) is 0 Å². The van der Waals surface area contributed by atoms with Crippen LogP contribution in [-0.4, -0.2) is 194 Å². The number of rotatable bonds is 25. The fraction of sp³-hybridized carbons (Fsp3) is 0.562. The van der Waals surface area contributed by atoms with E-state index in [1.165, 1.54) is 45.0 Å². The summed E-state index contributed by atoms with van der Waals surface area (Å²) in [6.07, 6.45) is -14.8. The zero-order valence-corrected chi connectivity index (χ0v) is 63.3. The third kappa shape index (κ3) is 27.0. The maximum Gasteiger partial charge on any atom is 0.459 e. The minimum atomic E-state index is -4.37. The Hall–Kier alpha value is -8.23. The van der Waals surface area contributed by atoms with E-state index in [1.54, 1.807) is 99.8 Å². The van der Waals surface area contributed by atoms with E-state index in [0.717, 1.165) is 20.8 Å². The Balaban J connectivity index is 0.000000524. The smallest absolute Gasteiger partial charge is 0.459 e. The van der Waals surface area contributed by atoms with Gasteiger partial charge in [0.1, 0.15) is 72.3 Å². The monoisotopic (exact) mass is 1640 g/mol. The molecule has 46 heteroatoms. The van der Waals surface area contributed by atoms with Gasteiger partial charge in [-0.2, -0.15) is 23.3 Å². The molecular formula is C64H93ClF6N10O27P2. The van der Waals surface area contributed by atoms with Gasteiger partial charge < -0.3 is 74.5 Å². The molecule has 0 amide bonds. The fourth-order valence-electron chi connectivity index (χ4n) is 9.32. The van der Waals surface area contributed by atoms with Gasteiger partial charge in [0, 0.05) is 0 Å². The summed E-state index contributed by atoms with van der Waals surface area (Å²) in [5.74, 6) is -6.62. The molecule has 3 fully saturated rings. The van der Waals surface area contributed by atoms with Crippen molar-refractivity contribution in [1.82, 2.24) is 38.8 Å². The van der Waals surface area contributed by atoms with Crippen molar-refractivity contribution in [2.75, 3.05) is 19.8 Å². The molecule has 2 unspecified atom stereocenters. The van der Waals surface area contributed by atoms with Crippen molar-refractivity contribution in [3.8, 4) is 11.5 Å². The number of benzene rings is 2. The van der Waals surface area contributed by atoms with E-state index < -0.39 is 213 Å². The van der Waals surface area contributed by atoms with Crippen LogP contribution in [0.4, 0.5) is 26.3 Å². The molecule has 18 atom stereocenters. The van der Waals surface area contributed by atoms with Gasteiger partial charge in [-0.3, -0.25) is 71.3 Å². The average Bonchev–Trinajstić information content (AvgIpc) is 1.63. The molecule has 3 aliphatic heterocycles. The summed E-state index contributed by atoms with van der Waals surface area (Å²) in [7, 11) is -8.74. The Labute approximate surface area is 629 Å². The van der Waals surface area contributed by atoms with Crippen molar-refractivity contribution < 1.29 is 127 Å². The standard InChI is InChI=1S/2C22H28F2N3O9P.C10H12F2N2O5.C6H13NO2.C3H7NO2.CH4.ClH/c2*1-12(2)34-19(30)13(3)26-37(32,36-14-8-6-5-7-9-14)33-11-16-17(28)22(4,24)20(35-16)27-10-15(23)18(29)25-21(27)31;1-10(12)6(16)5(3-15)19-8(10)14-2-4(11)7(17)13-9(14)18;1-4(2)9-6(8)5(3)7;1-2(4)3(5)6;;/h2*5-10,12-13,16-17,20,28H,11H2,1-4H3,(H,26,32)(H,25,29,31);2,5-6,8,15-16H,3H2,1H3,(H,13,17,18);4-5H,7H2,1-3H3;2H,4H2,1H3,(H,5,6);1H4;1H/t2*13-,16-,17-,20-,22-,37?;5-,6-,8-,10-;5-;2-;;/m11111../s1. The van der Waals surface area contributed by atoms with Crippen LogP contribution >= 0.6 is 27.9 Å². The van der Waals surface area contributed by atoms with Crippen molar-refractivity contribution in [2.45, 2.75) is 212 Å². The van der Waals surface area contributed by atoms with Crippen molar-refractivity contribution in [3.63, 3.8) is 0 Å². The zero-order valence-electron chi connectivity index (χ0n) is 60.6. The summed E-state index contributed by atoms with van der Waals surface area (Å²) in [6, 6.07) is 12.1. The van der Waals surface area contributed by atoms with Gasteiger partial charge in [0.25, 0.3) is 16.7 Å². The number of nitrogens with two attached hydrogens (primary N) is 2. The SMILES string of the molecule is C.CC(C)OC(=O)[C@@H](C)N.CC(C)OC(=O)[C@@H](C)NP(=O)(OC[C@H]1O[C@@H](n2cc(F)c(=O)[nH]c2=O)[C@](C)(F)[C@@H]1O)Oc1ccccc1.CC(C)OC(=O)[C@@H](C)NP(=O)(OC[C@H]1O[C@@H](n2cc(F)c(=O)[nH]c2=O)[C@](C)(F)[C@@H]1O)Oc1ccccc1.C[C@@H](N)C(=O)O.C[C@@]1(F)[C@H](O)[C@@H](CO)O[C@H]1n1cc(F)c(=O)[nH]c1=O.Cl. The molecule has 5 aromatic rings. The van der Waals surface area contributed by atoms with Crippen LogP contribution in [0.3, 0.4) is 0 Å². The summed E-state index contributed by atoms with van der Waals surface area (Å²) in [6.45, 7) is 16.5. The highest BCUT2D eigenvalue weighted by Gasteiger charge is 2.58. The van der Waals surface area contributed by atoms with Gasteiger partial charge in [0.15, 0.2) is 35.7 Å². The number of aromatic amines is 3. The number of aromatic nitrogens is 6. The number of halogens is 7. The number of aliphatic carboxylic acids is 1. The molecule has 2 aromatic carbocycles. The summed E-state index contributed by atoms with van der Waals surface area (Å²) in [5, 5.41) is 52.4. The number of nitrogens with one attached hydrogen (secondary N) is 5. The number of hydrogen-bond acceptors (Lipinski definition) is 28. The van der Waals surface area contributed by atoms with Gasteiger partial charge in [-0.25, -0.2) is 36.7 Å². The number of hydrogen-bond donors (Lipinski definition) is 12. The lowest BCUT2D eigenvalue weighted by atomic mass is 9.98. The number of aliphatic hydroxyl groups is 4. The summed E-state index contributed by atoms with van der Waals surface area (Å²) < 4.78 is 167. The molecule has 3 saturated heterocycles. The van der Waals surface area contributed by atoms with Crippen LogP contribution in [0.1, 0.15) is 116 Å². The number of aliphatic hydroxyl groups excluding tert-OH is 4. The third-order valence-corrected chi connectivity index (χ3v) is 18.1. The molecule has 0 aliphatic carbocycles. The van der Waals surface area contributed by atoms with Crippen LogP contribution in [0.25, 0.3) is 0 Å². The minimum Gasteiger partial charge on any atom is -0.480 e. The molecule has 0 saturated carbocycles. The highest BCUT2D eigenvalue weighted by atomic mass is 35.5. The predicted octanol–water partition coefficient (Wildman–Crippen LogP) is 3.01. The highest BCUT2D eigenvalue weighted by molar-refractivity contribution is 7.52. The predicted molar refractivity (Wildman–Crippen MR) is 378 cm³/mol. The second-order valence-electron chi connectivity index (χ2n) is 25.5. The first-order valence-corrected chi connectivity index (χ1v) is 35.6. The number of nitrogens with zero attached hydrogens (tertiary/aromatic N) is 3. The molecule has 620 valence electrons. The fourth-order valence-corrected chi connectivity index (χ4v) is 12.3. The molecule has 8 rings (SSSR count). The van der Waals surface area contributed by atoms with Crippen molar-refractivity contribution >= 4 is 51.8 Å². The molecule has 0 bridgehead atoms. The number of carbonyl (C=O) groups is 4. The van der Waals surface area contributed by atoms with Crippen LogP contribution in [0.5, 0.6) is 11.5 Å². The number of para-hydroxylation sites is 2. The third-order valence-electron chi connectivity index (χ3n) is 14.8. The van der Waals surface area contributed by atoms with E-state index >= 15 is 8.78 Å². The lowest BCUT2D eigenvalue weighted by Gasteiger charge is -2.25. The first-order chi connectivity index (χ1) is 49.9. The minimum absolute atomic E-state index is 0. The van der Waals surface area contributed by atoms with Gasteiger partial charge in [-0.15, -0.1) is 12.4 Å². The molecular weight excluding hydrogens is 1550 g/mol. The van der Waals surface area contributed by atoms with Crippen LogP contribution in [0, 0.1) is 17.5 Å². The maximum atomic E-state index is 15.4. The summed E-state index contributed by atoms with van der Waals surface area (Å²) >= 11 is 0. The Bertz CT molecular complexity index is 4130. The van der Waals surface area contributed by atoms with Crippen LogP contribution in [-0.2, 0) is 65.8 Å². The Morgan fingerprint density at radius 2 is 0.782 bits per heavy atom. The van der Waals surface area contributed by atoms with Crippen molar-refractivity contribution in [3.05, 3.63) is 159 Å². The van der Waals surface area contributed by atoms with Gasteiger partial charge >= 0.3 is 56.4 Å². The highest BCUT2D eigenvalue weighted by Crippen LogP contribution is 2.50. The topological polar surface area (TPSA) is 537 Å². The van der Waals surface area contributed by atoms with Gasteiger partial charge in [-0.05, 0) is 114 Å². The zero-order chi connectivity index (χ0) is 82.1. The Morgan fingerprint density at radius 3 is 1.02 bits per heavy atom. The molecule has 14 N–H and O–H groups in total. The molecule has 0 radical (unpaired) electrons. The lowest BCUT2D eigenvalue weighted by Crippen LogP contribution is -2.44. The number of esters is 3. The number of carboxylic acid groups (broad SMARTS) is 1. The Kier molecular flexibility index (Phi) is 37.2. The largest absolute Gasteiger partial charge is 0.480 e. The second kappa shape index (κ2) is 41.9. The molecule has 110 heavy (non-hydrogen) atoms. The van der Waals surface area contributed by atoms with Gasteiger partial charge in [0.2, 0.25) is 17.5 Å². The number of H-pyrrole nitrogens is 3. The first-order valence-electron chi connectivity index (χ1n) is 32.5. The van der Waals surface area contributed by atoms with Crippen LogP contribution < -0.4 is 64.4 Å². The first kappa shape index (κ1) is 97.8.